The van der Waals surface area contributed by atoms with Crippen LogP contribution in [0.3, 0.4) is 0 Å². The van der Waals surface area contributed by atoms with Crippen molar-refractivity contribution in [2.24, 2.45) is 5.92 Å². The Hall–Kier alpha value is -1.48. The summed E-state index contributed by atoms with van der Waals surface area (Å²) >= 11 is 5.00. The molecule has 0 atom stereocenters. The van der Waals surface area contributed by atoms with Gasteiger partial charge >= 0.3 is 0 Å². The molecule has 0 bridgehead atoms. The van der Waals surface area contributed by atoms with E-state index in [0.717, 1.165) is 14.2 Å². The second-order valence-corrected chi connectivity index (χ2v) is 10.7. The van der Waals surface area contributed by atoms with E-state index in [0.29, 0.717) is 32.5 Å². The standard InChI is InChI=1S/C19H21BrN2O3S2/c20-18-7-6-17(26-18)14-21-19(23)16-8-11-22(12-9-16)27(24,25)13-10-15-4-2-1-3-5-15/h1-7,10,13,16H,8-9,11-12,14H2,(H,21,23)/b13-10+. The molecule has 0 spiro atoms. The van der Waals surface area contributed by atoms with Gasteiger partial charge in [-0.3, -0.25) is 4.79 Å². The normalized spacial score (nSPS) is 16.6. The van der Waals surface area contributed by atoms with Crippen molar-refractivity contribution in [1.82, 2.24) is 9.62 Å². The van der Waals surface area contributed by atoms with Gasteiger partial charge in [0.2, 0.25) is 15.9 Å². The first-order valence-electron chi connectivity index (χ1n) is 8.69. The molecule has 27 heavy (non-hydrogen) atoms. The van der Waals surface area contributed by atoms with Gasteiger partial charge in [-0.15, -0.1) is 11.3 Å². The van der Waals surface area contributed by atoms with Crippen molar-refractivity contribution in [3.05, 3.63) is 62.1 Å². The van der Waals surface area contributed by atoms with Crippen LogP contribution in [0.25, 0.3) is 6.08 Å². The Balaban J connectivity index is 1.50. The molecule has 8 heteroatoms. The summed E-state index contributed by atoms with van der Waals surface area (Å²) in [6, 6.07) is 13.3. The van der Waals surface area contributed by atoms with E-state index >= 15 is 0 Å². The average molecular weight is 469 g/mol. The first-order chi connectivity index (χ1) is 12.9. The number of thiophene rings is 1. The highest BCUT2D eigenvalue weighted by Crippen LogP contribution is 2.23. The minimum Gasteiger partial charge on any atom is -0.351 e. The van der Waals surface area contributed by atoms with Gasteiger partial charge < -0.3 is 5.32 Å². The Kier molecular flexibility index (Phi) is 6.86. The zero-order valence-corrected chi connectivity index (χ0v) is 17.9. The predicted molar refractivity (Wildman–Crippen MR) is 113 cm³/mol. The quantitative estimate of drug-likeness (QED) is 0.699. The Bertz CT molecular complexity index is 902. The van der Waals surface area contributed by atoms with Crippen LogP contribution in [-0.4, -0.2) is 31.7 Å². The molecule has 1 fully saturated rings. The molecule has 0 aliphatic carbocycles. The van der Waals surface area contributed by atoms with Crippen LogP contribution in [0, 0.1) is 5.92 Å². The minimum atomic E-state index is -3.47. The average Bonchev–Trinajstić information content (AvgIpc) is 3.11. The number of nitrogens with one attached hydrogen (secondary N) is 1. The van der Waals surface area contributed by atoms with Gasteiger partial charge in [-0.2, -0.15) is 4.31 Å². The molecule has 5 nitrogen and oxygen atoms in total. The summed E-state index contributed by atoms with van der Waals surface area (Å²) < 4.78 is 27.5. The molecule has 3 rings (SSSR count). The number of sulfonamides is 1. The molecule has 2 heterocycles. The van der Waals surface area contributed by atoms with Crippen LogP contribution >= 0.6 is 27.3 Å². The molecular weight excluding hydrogens is 448 g/mol. The number of carbonyl (C=O) groups is 1. The van der Waals surface area contributed by atoms with Gasteiger partial charge in [0.25, 0.3) is 0 Å². The van der Waals surface area contributed by atoms with Gasteiger partial charge in [0.05, 0.1) is 10.3 Å². The smallest absolute Gasteiger partial charge is 0.236 e. The van der Waals surface area contributed by atoms with Gasteiger partial charge in [-0.1, -0.05) is 30.3 Å². The monoisotopic (exact) mass is 468 g/mol. The number of halogens is 1. The molecule has 0 radical (unpaired) electrons. The highest BCUT2D eigenvalue weighted by Gasteiger charge is 2.29. The van der Waals surface area contributed by atoms with E-state index in [2.05, 4.69) is 21.2 Å². The maximum atomic E-state index is 12.5. The van der Waals surface area contributed by atoms with E-state index in [4.69, 9.17) is 0 Å². The number of amides is 1. The fourth-order valence-corrected chi connectivity index (χ4v) is 5.60. The Morgan fingerprint density at radius 1 is 1.19 bits per heavy atom. The summed E-state index contributed by atoms with van der Waals surface area (Å²) in [7, 11) is -3.47. The van der Waals surface area contributed by atoms with Gasteiger partial charge in [-0.05, 0) is 52.5 Å². The number of carbonyl (C=O) groups excluding carboxylic acids is 1. The third-order valence-electron chi connectivity index (χ3n) is 4.48. The zero-order valence-electron chi connectivity index (χ0n) is 14.7. The highest BCUT2D eigenvalue weighted by atomic mass is 79.9. The predicted octanol–water partition coefficient (Wildman–Crippen LogP) is 3.84. The summed E-state index contributed by atoms with van der Waals surface area (Å²) in [5.74, 6) is -0.144. The first-order valence-corrected chi connectivity index (χ1v) is 11.8. The SMILES string of the molecule is O=C(NCc1ccc(Br)s1)C1CCN(S(=O)(=O)/C=C/c2ccccc2)CC1. The van der Waals surface area contributed by atoms with Crippen molar-refractivity contribution in [3.63, 3.8) is 0 Å². The molecule has 1 aromatic carbocycles. The molecule has 1 aliphatic heterocycles. The van der Waals surface area contributed by atoms with Crippen LogP contribution in [0.4, 0.5) is 0 Å². The number of hydrogen-bond donors (Lipinski definition) is 1. The molecule has 0 unspecified atom stereocenters. The summed E-state index contributed by atoms with van der Waals surface area (Å²) in [5, 5.41) is 4.20. The van der Waals surface area contributed by atoms with Crippen molar-refractivity contribution < 1.29 is 13.2 Å². The summed E-state index contributed by atoms with van der Waals surface area (Å²) in [5.41, 5.74) is 0.843. The van der Waals surface area contributed by atoms with Crippen molar-refractivity contribution >= 4 is 49.3 Å². The second kappa shape index (κ2) is 9.14. The number of benzene rings is 1. The summed E-state index contributed by atoms with van der Waals surface area (Å²) in [6.45, 7) is 1.24. The number of nitrogens with zero attached hydrogens (tertiary/aromatic N) is 1. The maximum absolute atomic E-state index is 12.5. The van der Waals surface area contributed by atoms with Crippen molar-refractivity contribution in [1.29, 1.82) is 0 Å². The van der Waals surface area contributed by atoms with Crippen LogP contribution in [0.15, 0.2) is 51.7 Å². The van der Waals surface area contributed by atoms with Crippen LogP contribution in [-0.2, 0) is 21.4 Å². The lowest BCUT2D eigenvalue weighted by atomic mass is 9.97. The molecule has 1 aliphatic rings. The van der Waals surface area contributed by atoms with Crippen molar-refractivity contribution in [2.45, 2.75) is 19.4 Å². The molecule has 1 N–H and O–H groups in total. The topological polar surface area (TPSA) is 66.5 Å². The lowest BCUT2D eigenvalue weighted by Gasteiger charge is -2.29. The second-order valence-electron chi connectivity index (χ2n) is 6.36. The van der Waals surface area contributed by atoms with E-state index in [1.807, 2.05) is 42.5 Å². The number of rotatable bonds is 6. The van der Waals surface area contributed by atoms with E-state index in [1.54, 1.807) is 17.4 Å². The first kappa shape index (κ1) is 20.3. The van der Waals surface area contributed by atoms with Crippen LogP contribution in [0.5, 0.6) is 0 Å². The fourth-order valence-electron chi connectivity index (χ4n) is 2.95. The zero-order chi connectivity index (χ0) is 19.3. The van der Waals surface area contributed by atoms with Crippen molar-refractivity contribution in [3.8, 4) is 0 Å². The molecular formula is C19H21BrN2O3S2. The van der Waals surface area contributed by atoms with Gasteiger partial charge in [-0.25, -0.2) is 8.42 Å². The number of piperidine rings is 1. The fraction of sp³-hybridized carbons (Fsp3) is 0.316. The summed E-state index contributed by atoms with van der Waals surface area (Å²) in [6.07, 6.45) is 2.68. The lowest BCUT2D eigenvalue weighted by molar-refractivity contribution is -0.126. The Labute approximate surface area is 172 Å². The maximum Gasteiger partial charge on any atom is 0.236 e. The third-order valence-corrected chi connectivity index (χ3v) is 7.67. The number of hydrogen-bond acceptors (Lipinski definition) is 4. The van der Waals surface area contributed by atoms with Crippen LogP contribution in [0.2, 0.25) is 0 Å². The molecule has 1 amide bonds. The third kappa shape index (κ3) is 5.75. The molecule has 0 saturated carbocycles. The molecule has 1 aromatic heterocycles. The van der Waals surface area contributed by atoms with Gasteiger partial charge in [0, 0.05) is 29.3 Å². The lowest BCUT2D eigenvalue weighted by Crippen LogP contribution is -2.42. The Morgan fingerprint density at radius 2 is 1.89 bits per heavy atom. The van der Waals surface area contributed by atoms with Crippen molar-refractivity contribution in [2.75, 3.05) is 13.1 Å². The highest BCUT2D eigenvalue weighted by molar-refractivity contribution is 9.11. The summed E-state index contributed by atoms with van der Waals surface area (Å²) in [4.78, 5) is 13.4. The Morgan fingerprint density at radius 3 is 2.52 bits per heavy atom. The van der Waals surface area contributed by atoms with E-state index in [1.165, 1.54) is 9.71 Å². The van der Waals surface area contributed by atoms with Gasteiger partial charge in [0.15, 0.2) is 0 Å². The van der Waals surface area contributed by atoms with E-state index < -0.39 is 10.0 Å². The molecule has 144 valence electrons. The molecule has 2 aromatic rings. The van der Waals surface area contributed by atoms with E-state index in [-0.39, 0.29) is 11.8 Å². The minimum absolute atomic E-state index is 0.00334. The largest absolute Gasteiger partial charge is 0.351 e. The van der Waals surface area contributed by atoms with Gasteiger partial charge in [0.1, 0.15) is 0 Å². The van der Waals surface area contributed by atoms with E-state index in [9.17, 15) is 13.2 Å². The van der Waals surface area contributed by atoms with Crippen LogP contribution in [0.1, 0.15) is 23.3 Å². The van der Waals surface area contributed by atoms with Crippen LogP contribution < -0.4 is 5.32 Å². The molecule has 1 saturated heterocycles.